The zero-order valence-corrected chi connectivity index (χ0v) is 12.1. The molecule has 7 heteroatoms. The number of rotatable bonds is 6. The lowest BCUT2D eigenvalue weighted by atomic mass is 10.2. The van der Waals surface area contributed by atoms with E-state index in [1.807, 2.05) is 13.8 Å². The fraction of sp³-hybridized carbons (Fsp3) is 1.00. The molecular weight excluding hydrogens is 260 g/mol. The SMILES string of the molecule is CC(C)NCCS(=O)(=O)NC1CCS(=O)CC1. The van der Waals surface area contributed by atoms with E-state index in [2.05, 4.69) is 10.0 Å². The highest BCUT2D eigenvalue weighted by Crippen LogP contribution is 2.10. The topological polar surface area (TPSA) is 75.3 Å². The molecule has 0 atom stereocenters. The second-order valence-electron chi connectivity index (χ2n) is 4.67. The molecule has 0 radical (unpaired) electrons. The van der Waals surface area contributed by atoms with Crippen molar-refractivity contribution in [2.75, 3.05) is 23.8 Å². The second-order valence-corrected chi connectivity index (χ2v) is 8.24. The van der Waals surface area contributed by atoms with Crippen molar-refractivity contribution in [1.82, 2.24) is 10.0 Å². The monoisotopic (exact) mass is 282 g/mol. The summed E-state index contributed by atoms with van der Waals surface area (Å²) in [7, 11) is -3.95. The largest absolute Gasteiger partial charge is 0.313 e. The van der Waals surface area contributed by atoms with Crippen LogP contribution in [0.15, 0.2) is 0 Å². The summed E-state index contributed by atoms with van der Waals surface area (Å²) in [4.78, 5) is 0. The molecule has 0 amide bonds. The zero-order valence-electron chi connectivity index (χ0n) is 10.4. The number of hydrogen-bond donors (Lipinski definition) is 2. The van der Waals surface area contributed by atoms with Crippen LogP contribution in [-0.2, 0) is 20.8 Å². The van der Waals surface area contributed by atoms with Crippen LogP contribution in [0.5, 0.6) is 0 Å². The van der Waals surface area contributed by atoms with Crippen molar-refractivity contribution in [2.24, 2.45) is 0 Å². The van der Waals surface area contributed by atoms with Crippen LogP contribution in [0, 0.1) is 0 Å². The lowest BCUT2D eigenvalue weighted by Gasteiger charge is -2.22. The fourth-order valence-corrected chi connectivity index (χ4v) is 4.25. The Morgan fingerprint density at radius 3 is 2.41 bits per heavy atom. The lowest BCUT2D eigenvalue weighted by molar-refractivity contribution is 0.517. The van der Waals surface area contributed by atoms with Gasteiger partial charge in [-0.2, -0.15) is 0 Å². The van der Waals surface area contributed by atoms with Crippen molar-refractivity contribution in [3.05, 3.63) is 0 Å². The minimum absolute atomic E-state index is 0.0308. The van der Waals surface area contributed by atoms with E-state index in [0.717, 1.165) is 0 Å². The van der Waals surface area contributed by atoms with Gasteiger partial charge in [0.05, 0.1) is 5.75 Å². The molecule has 5 nitrogen and oxygen atoms in total. The van der Waals surface area contributed by atoms with Gasteiger partial charge in [-0.05, 0) is 12.8 Å². The van der Waals surface area contributed by atoms with E-state index in [4.69, 9.17) is 0 Å². The number of hydrogen-bond acceptors (Lipinski definition) is 4. The van der Waals surface area contributed by atoms with Gasteiger partial charge in [0.25, 0.3) is 0 Å². The van der Waals surface area contributed by atoms with Crippen LogP contribution < -0.4 is 10.0 Å². The van der Waals surface area contributed by atoms with Gasteiger partial charge in [-0.1, -0.05) is 13.8 Å². The number of sulfonamides is 1. The molecule has 102 valence electrons. The van der Waals surface area contributed by atoms with Crippen molar-refractivity contribution < 1.29 is 12.6 Å². The van der Waals surface area contributed by atoms with E-state index >= 15 is 0 Å². The third-order valence-electron chi connectivity index (χ3n) is 2.66. The smallest absolute Gasteiger partial charge is 0.213 e. The van der Waals surface area contributed by atoms with E-state index in [1.54, 1.807) is 0 Å². The summed E-state index contributed by atoms with van der Waals surface area (Å²) in [6.45, 7) is 4.43. The van der Waals surface area contributed by atoms with Crippen LogP contribution in [0.2, 0.25) is 0 Å². The molecule has 1 heterocycles. The van der Waals surface area contributed by atoms with E-state index in [1.165, 1.54) is 0 Å². The molecule has 17 heavy (non-hydrogen) atoms. The van der Waals surface area contributed by atoms with Crippen LogP contribution in [0.25, 0.3) is 0 Å². The van der Waals surface area contributed by atoms with Crippen LogP contribution in [0.3, 0.4) is 0 Å². The molecule has 1 aliphatic heterocycles. The van der Waals surface area contributed by atoms with Crippen molar-refractivity contribution in [1.29, 1.82) is 0 Å². The third kappa shape index (κ3) is 6.49. The summed E-state index contributed by atoms with van der Waals surface area (Å²) in [5.41, 5.74) is 0. The third-order valence-corrected chi connectivity index (χ3v) is 5.47. The highest BCUT2D eigenvalue weighted by Gasteiger charge is 2.22. The summed E-state index contributed by atoms with van der Waals surface area (Å²) in [6.07, 6.45) is 1.37. The second kappa shape index (κ2) is 6.82. The molecule has 0 spiro atoms. The number of nitrogens with one attached hydrogen (secondary N) is 2. The maximum atomic E-state index is 11.7. The van der Waals surface area contributed by atoms with E-state index in [-0.39, 0.29) is 11.8 Å². The Labute approximate surface area is 106 Å². The highest BCUT2D eigenvalue weighted by molar-refractivity contribution is 7.89. The maximum absolute atomic E-state index is 11.7. The first-order valence-electron chi connectivity index (χ1n) is 5.97. The predicted octanol–water partition coefficient (Wildman–Crippen LogP) is -0.185. The van der Waals surface area contributed by atoms with Gasteiger partial charge in [-0.15, -0.1) is 0 Å². The summed E-state index contributed by atoms with van der Waals surface area (Å²) in [6, 6.07) is 0.263. The fourth-order valence-electron chi connectivity index (χ4n) is 1.71. The normalized spacial score (nSPS) is 26.3. The highest BCUT2D eigenvalue weighted by atomic mass is 32.2. The molecule has 0 unspecified atom stereocenters. The first kappa shape index (κ1) is 15.1. The Morgan fingerprint density at radius 1 is 1.29 bits per heavy atom. The minimum Gasteiger partial charge on any atom is -0.313 e. The van der Waals surface area contributed by atoms with Crippen molar-refractivity contribution >= 4 is 20.8 Å². The van der Waals surface area contributed by atoms with E-state index < -0.39 is 20.8 Å². The molecule has 1 fully saturated rings. The van der Waals surface area contributed by atoms with Gasteiger partial charge in [-0.25, -0.2) is 13.1 Å². The van der Waals surface area contributed by atoms with Gasteiger partial charge in [0.2, 0.25) is 10.0 Å². The molecule has 1 rings (SSSR count). The van der Waals surface area contributed by atoms with Gasteiger partial charge in [0, 0.05) is 40.9 Å². The average molecular weight is 282 g/mol. The minimum atomic E-state index is -3.21. The molecule has 1 aliphatic rings. The van der Waals surface area contributed by atoms with Crippen LogP contribution >= 0.6 is 0 Å². The van der Waals surface area contributed by atoms with E-state index in [9.17, 15) is 12.6 Å². The summed E-state index contributed by atoms with van der Waals surface area (Å²) in [5.74, 6) is 1.32. The molecule has 0 aliphatic carbocycles. The predicted molar refractivity (Wildman–Crippen MR) is 71.0 cm³/mol. The van der Waals surface area contributed by atoms with Crippen molar-refractivity contribution in [3.8, 4) is 0 Å². The molecular formula is C10H22N2O3S2. The van der Waals surface area contributed by atoms with Crippen LogP contribution in [-0.4, -0.2) is 48.5 Å². The Balaban J connectivity index is 2.31. The standard InChI is InChI=1S/C10H22N2O3S2/c1-9(2)11-5-8-17(14,15)12-10-3-6-16(13)7-4-10/h9-12H,3-8H2,1-2H3. The molecule has 0 aromatic heterocycles. The molecule has 0 saturated carbocycles. The Kier molecular flexibility index (Phi) is 6.05. The molecule has 2 N–H and O–H groups in total. The van der Waals surface area contributed by atoms with Gasteiger partial charge < -0.3 is 5.32 Å². The molecule has 0 aromatic rings. The van der Waals surface area contributed by atoms with Crippen LogP contribution in [0.4, 0.5) is 0 Å². The van der Waals surface area contributed by atoms with Gasteiger partial charge in [0.1, 0.15) is 0 Å². The summed E-state index contributed by atoms with van der Waals surface area (Å²) < 4.78 is 37.3. The lowest BCUT2D eigenvalue weighted by Crippen LogP contribution is -2.42. The Bertz CT molecular complexity index is 345. The average Bonchev–Trinajstić information content (AvgIpc) is 2.20. The maximum Gasteiger partial charge on any atom is 0.213 e. The van der Waals surface area contributed by atoms with Crippen molar-refractivity contribution in [3.63, 3.8) is 0 Å². The van der Waals surface area contributed by atoms with Crippen LogP contribution in [0.1, 0.15) is 26.7 Å². The van der Waals surface area contributed by atoms with Gasteiger partial charge >= 0.3 is 0 Å². The summed E-state index contributed by atoms with van der Waals surface area (Å²) in [5, 5.41) is 3.08. The Hall–Kier alpha value is 0.0200. The van der Waals surface area contributed by atoms with Gasteiger partial charge in [0.15, 0.2) is 0 Å². The molecule has 0 bridgehead atoms. The zero-order chi connectivity index (χ0) is 12.9. The molecule has 1 saturated heterocycles. The molecule has 0 aromatic carbocycles. The van der Waals surface area contributed by atoms with Gasteiger partial charge in [-0.3, -0.25) is 4.21 Å². The van der Waals surface area contributed by atoms with E-state index in [0.29, 0.717) is 36.9 Å². The quantitative estimate of drug-likeness (QED) is 0.708. The summed E-state index contributed by atoms with van der Waals surface area (Å²) >= 11 is 0. The first-order chi connectivity index (χ1) is 7.89. The van der Waals surface area contributed by atoms with Crippen molar-refractivity contribution in [2.45, 2.75) is 38.8 Å². The Morgan fingerprint density at radius 2 is 1.88 bits per heavy atom. The first-order valence-corrected chi connectivity index (χ1v) is 9.11.